The molecule has 94 valence electrons. The summed E-state index contributed by atoms with van der Waals surface area (Å²) >= 11 is 0. The first kappa shape index (κ1) is 12.1. The quantitative estimate of drug-likeness (QED) is 0.849. The molecule has 1 aromatic heterocycles. The molecule has 0 bridgehead atoms. The lowest BCUT2D eigenvalue weighted by Gasteiger charge is -2.27. The lowest BCUT2D eigenvalue weighted by Crippen LogP contribution is -2.32. The van der Waals surface area contributed by atoms with Crippen LogP contribution in [0.2, 0.25) is 0 Å². The van der Waals surface area contributed by atoms with Crippen molar-refractivity contribution in [2.75, 3.05) is 23.8 Å². The van der Waals surface area contributed by atoms with E-state index in [4.69, 9.17) is 0 Å². The molecular formula is C13H22N4. The molecule has 0 aliphatic heterocycles. The van der Waals surface area contributed by atoms with Gasteiger partial charge in [-0.2, -0.15) is 0 Å². The Hall–Kier alpha value is -1.32. The predicted octanol–water partition coefficient (Wildman–Crippen LogP) is 2.45. The number of hydrogen-bond acceptors (Lipinski definition) is 4. The third kappa shape index (κ3) is 2.51. The van der Waals surface area contributed by atoms with Gasteiger partial charge in [0, 0.05) is 25.2 Å². The van der Waals surface area contributed by atoms with Crippen molar-refractivity contribution < 1.29 is 0 Å². The van der Waals surface area contributed by atoms with Crippen LogP contribution >= 0.6 is 0 Å². The monoisotopic (exact) mass is 234 g/mol. The highest BCUT2D eigenvalue weighted by molar-refractivity contribution is 5.58. The van der Waals surface area contributed by atoms with E-state index in [1.165, 1.54) is 12.8 Å². The molecule has 0 spiro atoms. The van der Waals surface area contributed by atoms with Crippen LogP contribution in [0.1, 0.15) is 32.3 Å². The summed E-state index contributed by atoms with van der Waals surface area (Å²) in [6, 6.07) is 0.568. The average Bonchev–Trinajstić information content (AvgIpc) is 3.14. The molecule has 1 aromatic rings. The maximum absolute atomic E-state index is 4.43. The minimum absolute atomic E-state index is 0.568. The van der Waals surface area contributed by atoms with E-state index in [9.17, 15) is 0 Å². The molecule has 1 aliphatic carbocycles. The molecule has 1 unspecified atom stereocenters. The Kier molecular flexibility index (Phi) is 3.50. The smallest absolute Gasteiger partial charge is 0.137 e. The summed E-state index contributed by atoms with van der Waals surface area (Å²) in [5.74, 6) is 2.85. The Balaban J connectivity index is 2.21. The first-order chi connectivity index (χ1) is 8.15. The molecule has 1 N–H and O–H groups in total. The van der Waals surface area contributed by atoms with E-state index in [0.29, 0.717) is 6.04 Å². The zero-order valence-electron chi connectivity index (χ0n) is 11.2. The van der Waals surface area contributed by atoms with Crippen LogP contribution in [-0.4, -0.2) is 29.6 Å². The van der Waals surface area contributed by atoms with Gasteiger partial charge in [-0.1, -0.05) is 0 Å². The largest absolute Gasteiger partial charge is 0.370 e. The molecule has 0 radical (unpaired) electrons. The third-order valence-corrected chi connectivity index (χ3v) is 3.65. The van der Waals surface area contributed by atoms with Gasteiger partial charge in [0.1, 0.15) is 18.0 Å². The number of nitrogens with zero attached hydrogens (tertiary/aromatic N) is 3. The summed E-state index contributed by atoms with van der Waals surface area (Å²) in [4.78, 5) is 11.0. The third-order valence-electron chi connectivity index (χ3n) is 3.65. The lowest BCUT2D eigenvalue weighted by atomic mass is 10.1. The highest BCUT2D eigenvalue weighted by Gasteiger charge is 2.31. The van der Waals surface area contributed by atoms with E-state index in [2.05, 4.69) is 48.0 Å². The minimum Gasteiger partial charge on any atom is -0.370 e. The molecule has 17 heavy (non-hydrogen) atoms. The molecule has 1 atom stereocenters. The molecule has 2 rings (SSSR count). The SMILES string of the molecule is CCNc1ncnc(N(C)C(C)C2CC2)c1C. The molecule has 1 aliphatic rings. The standard InChI is InChI=1S/C13H22N4/c1-5-14-12-9(2)13(16-8-15-12)17(4)10(3)11-6-7-11/h8,10-11H,5-7H2,1-4H3,(H,14,15,16). The molecule has 1 saturated carbocycles. The first-order valence-electron chi connectivity index (χ1n) is 6.43. The fourth-order valence-electron chi connectivity index (χ4n) is 2.23. The highest BCUT2D eigenvalue weighted by Crippen LogP contribution is 2.36. The van der Waals surface area contributed by atoms with Gasteiger partial charge in [0.25, 0.3) is 0 Å². The minimum atomic E-state index is 0.568. The van der Waals surface area contributed by atoms with Gasteiger partial charge in [-0.25, -0.2) is 9.97 Å². The van der Waals surface area contributed by atoms with Crippen LogP contribution in [0.3, 0.4) is 0 Å². The van der Waals surface area contributed by atoms with Gasteiger partial charge in [0.15, 0.2) is 0 Å². The topological polar surface area (TPSA) is 41.1 Å². The van der Waals surface area contributed by atoms with E-state index in [1.54, 1.807) is 6.33 Å². The summed E-state index contributed by atoms with van der Waals surface area (Å²) in [5.41, 5.74) is 1.14. The van der Waals surface area contributed by atoms with E-state index < -0.39 is 0 Å². The molecule has 0 amide bonds. The number of hydrogen-bond donors (Lipinski definition) is 1. The van der Waals surface area contributed by atoms with Crippen molar-refractivity contribution in [3.8, 4) is 0 Å². The van der Waals surface area contributed by atoms with Gasteiger partial charge in [0.2, 0.25) is 0 Å². The normalized spacial score (nSPS) is 16.7. The Bertz CT molecular complexity index is 387. The second-order valence-corrected chi connectivity index (χ2v) is 4.89. The Morgan fingerprint density at radius 3 is 2.76 bits per heavy atom. The summed E-state index contributed by atoms with van der Waals surface area (Å²) in [6.07, 6.45) is 4.36. The summed E-state index contributed by atoms with van der Waals surface area (Å²) in [7, 11) is 2.13. The zero-order valence-corrected chi connectivity index (χ0v) is 11.2. The van der Waals surface area contributed by atoms with Crippen molar-refractivity contribution in [2.45, 2.75) is 39.7 Å². The molecule has 1 fully saturated rings. The van der Waals surface area contributed by atoms with Gasteiger partial charge in [0.05, 0.1) is 0 Å². The van der Waals surface area contributed by atoms with Crippen molar-refractivity contribution in [3.63, 3.8) is 0 Å². The Labute approximate surface area is 103 Å². The van der Waals surface area contributed by atoms with Crippen molar-refractivity contribution in [2.24, 2.45) is 5.92 Å². The Morgan fingerprint density at radius 1 is 1.47 bits per heavy atom. The van der Waals surface area contributed by atoms with Gasteiger partial charge in [-0.15, -0.1) is 0 Å². The van der Waals surface area contributed by atoms with Crippen molar-refractivity contribution in [1.29, 1.82) is 0 Å². The molecule has 4 nitrogen and oxygen atoms in total. The highest BCUT2D eigenvalue weighted by atomic mass is 15.2. The number of rotatable bonds is 5. The maximum atomic E-state index is 4.43. The van der Waals surface area contributed by atoms with Crippen molar-refractivity contribution >= 4 is 11.6 Å². The fourth-order valence-corrected chi connectivity index (χ4v) is 2.23. The number of aromatic nitrogens is 2. The van der Waals surface area contributed by atoms with Crippen LogP contribution in [0.4, 0.5) is 11.6 Å². The molecule has 0 saturated heterocycles. The van der Waals surface area contributed by atoms with Crippen LogP contribution in [0.5, 0.6) is 0 Å². The second-order valence-electron chi connectivity index (χ2n) is 4.89. The van der Waals surface area contributed by atoms with Crippen LogP contribution in [-0.2, 0) is 0 Å². The van der Waals surface area contributed by atoms with Crippen LogP contribution in [0.15, 0.2) is 6.33 Å². The van der Waals surface area contributed by atoms with E-state index in [1.807, 2.05) is 0 Å². The molecular weight excluding hydrogens is 212 g/mol. The molecule has 4 heteroatoms. The van der Waals surface area contributed by atoms with Crippen molar-refractivity contribution in [3.05, 3.63) is 11.9 Å². The van der Waals surface area contributed by atoms with Gasteiger partial charge in [-0.05, 0) is 39.5 Å². The Morgan fingerprint density at radius 2 is 2.18 bits per heavy atom. The van der Waals surface area contributed by atoms with Crippen LogP contribution in [0, 0.1) is 12.8 Å². The number of anilines is 2. The van der Waals surface area contributed by atoms with Crippen LogP contribution < -0.4 is 10.2 Å². The van der Waals surface area contributed by atoms with Crippen LogP contribution in [0.25, 0.3) is 0 Å². The van der Waals surface area contributed by atoms with Crippen molar-refractivity contribution in [1.82, 2.24) is 9.97 Å². The summed E-state index contributed by atoms with van der Waals surface area (Å²) in [5, 5.41) is 3.28. The first-order valence-corrected chi connectivity index (χ1v) is 6.43. The fraction of sp³-hybridized carbons (Fsp3) is 0.692. The summed E-state index contributed by atoms with van der Waals surface area (Å²) < 4.78 is 0. The van der Waals surface area contributed by atoms with E-state index in [-0.39, 0.29) is 0 Å². The second kappa shape index (κ2) is 4.90. The van der Waals surface area contributed by atoms with Gasteiger partial charge in [-0.3, -0.25) is 0 Å². The average molecular weight is 234 g/mol. The molecule has 1 heterocycles. The predicted molar refractivity (Wildman–Crippen MR) is 71.5 cm³/mol. The number of nitrogens with one attached hydrogen (secondary N) is 1. The maximum Gasteiger partial charge on any atom is 0.137 e. The van der Waals surface area contributed by atoms with Gasteiger partial charge >= 0.3 is 0 Å². The van der Waals surface area contributed by atoms with Gasteiger partial charge < -0.3 is 10.2 Å². The van der Waals surface area contributed by atoms with E-state index >= 15 is 0 Å². The molecule has 0 aromatic carbocycles. The summed E-state index contributed by atoms with van der Waals surface area (Å²) in [6.45, 7) is 7.34. The van der Waals surface area contributed by atoms with E-state index in [0.717, 1.165) is 29.7 Å². The zero-order chi connectivity index (χ0) is 12.4. The lowest BCUT2D eigenvalue weighted by molar-refractivity contribution is 0.602.